The molecule has 0 radical (unpaired) electrons. The molecule has 3 rings (SSSR count). The number of benzene rings is 2. The van der Waals surface area contributed by atoms with Gasteiger partial charge < -0.3 is 9.80 Å². The van der Waals surface area contributed by atoms with Crippen molar-refractivity contribution < 1.29 is 14.0 Å². The Kier molecular flexibility index (Phi) is 5.89. The molecular formula is C22H25FN2O2. The molecule has 0 aliphatic carbocycles. The highest BCUT2D eigenvalue weighted by atomic mass is 19.1. The third-order valence-corrected chi connectivity index (χ3v) is 5.19. The van der Waals surface area contributed by atoms with Gasteiger partial charge in [-0.05, 0) is 37.1 Å². The van der Waals surface area contributed by atoms with Crippen molar-refractivity contribution in [2.24, 2.45) is 0 Å². The number of hydrogen-bond acceptors (Lipinski definition) is 3. The number of carbonyl (C=O) groups is 2. The van der Waals surface area contributed by atoms with E-state index in [1.165, 1.54) is 13.0 Å². The van der Waals surface area contributed by atoms with E-state index in [0.29, 0.717) is 37.4 Å². The van der Waals surface area contributed by atoms with Crippen LogP contribution >= 0.6 is 0 Å². The Bertz CT molecular complexity index is 814. The predicted molar refractivity (Wildman–Crippen MR) is 105 cm³/mol. The molecule has 0 bridgehead atoms. The highest BCUT2D eigenvalue weighted by Crippen LogP contribution is 2.25. The van der Waals surface area contributed by atoms with Gasteiger partial charge in [-0.15, -0.1) is 0 Å². The molecule has 1 saturated heterocycles. The molecule has 4 nitrogen and oxygen atoms in total. The van der Waals surface area contributed by atoms with Gasteiger partial charge in [0.05, 0.1) is 11.6 Å². The van der Waals surface area contributed by atoms with Gasteiger partial charge >= 0.3 is 0 Å². The summed E-state index contributed by atoms with van der Waals surface area (Å²) in [5.74, 6) is -0.541. The topological polar surface area (TPSA) is 40.6 Å². The summed E-state index contributed by atoms with van der Waals surface area (Å²) in [6, 6.07) is 14.4. The quantitative estimate of drug-likeness (QED) is 0.752. The normalized spacial score (nSPS) is 15.5. The number of Topliss-reactive ketones (excluding diaryl/α,β-unsaturated/α-hetero) is 1. The highest BCUT2D eigenvalue weighted by Gasteiger charge is 2.28. The van der Waals surface area contributed by atoms with Crippen LogP contribution in [0, 0.1) is 5.82 Å². The van der Waals surface area contributed by atoms with Crippen LogP contribution in [0.15, 0.2) is 48.5 Å². The van der Waals surface area contributed by atoms with Crippen LogP contribution in [0.2, 0.25) is 0 Å². The van der Waals surface area contributed by atoms with Crippen molar-refractivity contribution in [2.45, 2.75) is 26.2 Å². The number of ketones is 1. The van der Waals surface area contributed by atoms with Crippen LogP contribution in [0.5, 0.6) is 0 Å². The summed E-state index contributed by atoms with van der Waals surface area (Å²) >= 11 is 0. The summed E-state index contributed by atoms with van der Waals surface area (Å²) in [7, 11) is 0. The fourth-order valence-electron chi connectivity index (χ4n) is 3.61. The van der Waals surface area contributed by atoms with E-state index in [4.69, 9.17) is 0 Å². The summed E-state index contributed by atoms with van der Waals surface area (Å²) < 4.78 is 14.4. The summed E-state index contributed by atoms with van der Waals surface area (Å²) in [4.78, 5) is 28.2. The van der Waals surface area contributed by atoms with Crippen LogP contribution in [0.1, 0.15) is 42.1 Å². The minimum absolute atomic E-state index is 0.135. The van der Waals surface area contributed by atoms with Gasteiger partial charge in [-0.2, -0.15) is 0 Å². The minimum atomic E-state index is -0.391. The number of anilines is 1. The van der Waals surface area contributed by atoms with Gasteiger partial charge in [0.15, 0.2) is 5.78 Å². The molecule has 142 valence electrons. The zero-order valence-corrected chi connectivity index (χ0v) is 15.8. The second-order valence-electron chi connectivity index (χ2n) is 6.91. The molecule has 1 aliphatic heterocycles. The van der Waals surface area contributed by atoms with Crippen molar-refractivity contribution in [1.29, 1.82) is 0 Å². The first kappa shape index (κ1) is 19.1. The average Bonchev–Trinajstić information content (AvgIpc) is 2.69. The number of piperazine rings is 1. The number of hydrogen-bond donors (Lipinski definition) is 0. The number of carbonyl (C=O) groups excluding carboxylic acids is 2. The summed E-state index contributed by atoms with van der Waals surface area (Å²) in [5, 5.41) is 0. The number of amides is 1. The number of halogens is 1. The molecule has 0 N–H and O–H groups in total. The first-order valence-electron chi connectivity index (χ1n) is 9.40. The SMILES string of the molecule is CC[C@@H](C(=O)N1CCN(c2ccc(C(C)=O)cc2F)CC1)c1ccccc1. The van der Waals surface area contributed by atoms with Gasteiger partial charge in [0.25, 0.3) is 0 Å². The van der Waals surface area contributed by atoms with E-state index < -0.39 is 5.82 Å². The Labute approximate surface area is 159 Å². The maximum atomic E-state index is 14.4. The van der Waals surface area contributed by atoms with E-state index in [0.717, 1.165) is 12.0 Å². The molecule has 2 aromatic rings. The summed E-state index contributed by atoms with van der Waals surface area (Å²) in [6.07, 6.45) is 0.754. The fourth-order valence-corrected chi connectivity index (χ4v) is 3.61. The Morgan fingerprint density at radius 1 is 1.04 bits per heavy atom. The van der Waals surface area contributed by atoms with Crippen LogP contribution in [0.25, 0.3) is 0 Å². The van der Waals surface area contributed by atoms with Gasteiger partial charge in [-0.25, -0.2) is 4.39 Å². The number of nitrogens with zero attached hydrogens (tertiary/aromatic N) is 2. The average molecular weight is 368 g/mol. The van der Waals surface area contributed by atoms with E-state index >= 15 is 0 Å². The molecule has 1 aliphatic rings. The lowest BCUT2D eigenvalue weighted by Gasteiger charge is -2.37. The summed E-state index contributed by atoms with van der Waals surface area (Å²) in [5.41, 5.74) is 1.90. The van der Waals surface area contributed by atoms with Crippen molar-refractivity contribution in [3.8, 4) is 0 Å². The van der Waals surface area contributed by atoms with Crippen LogP contribution in [-0.4, -0.2) is 42.8 Å². The Morgan fingerprint density at radius 2 is 1.70 bits per heavy atom. The standard InChI is InChI=1S/C22H25FN2O2/c1-3-19(17-7-5-4-6-8-17)22(27)25-13-11-24(12-14-25)21-10-9-18(16(2)26)15-20(21)23/h4-10,15,19H,3,11-14H2,1-2H3/t19-/m1/s1. The highest BCUT2D eigenvalue weighted by molar-refractivity contribution is 5.94. The number of rotatable bonds is 5. The van der Waals surface area contributed by atoms with Crippen molar-refractivity contribution in [1.82, 2.24) is 4.90 Å². The second-order valence-corrected chi connectivity index (χ2v) is 6.91. The smallest absolute Gasteiger partial charge is 0.230 e. The van der Waals surface area contributed by atoms with Crippen molar-refractivity contribution in [3.05, 3.63) is 65.5 Å². The molecule has 27 heavy (non-hydrogen) atoms. The second kappa shape index (κ2) is 8.33. The van der Waals surface area contributed by atoms with Crippen LogP contribution < -0.4 is 4.90 Å². The largest absolute Gasteiger partial charge is 0.366 e. The molecule has 1 amide bonds. The first-order valence-corrected chi connectivity index (χ1v) is 9.40. The molecule has 0 unspecified atom stereocenters. The fraction of sp³-hybridized carbons (Fsp3) is 0.364. The maximum absolute atomic E-state index is 14.4. The Hall–Kier alpha value is -2.69. The van der Waals surface area contributed by atoms with Gasteiger partial charge in [0.1, 0.15) is 5.82 Å². The van der Waals surface area contributed by atoms with E-state index in [1.54, 1.807) is 12.1 Å². The maximum Gasteiger partial charge on any atom is 0.230 e. The lowest BCUT2D eigenvalue weighted by molar-refractivity contribution is -0.133. The van der Waals surface area contributed by atoms with Gasteiger partial charge in [-0.1, -0.05) is 37.3 Å². The van der Waals surface area contributed by atoms with Crippen molar-refractivity contribution in [2.75, 3.05) is 31.1 Å². The van der Waals surface area contributed by atoms with E-state index in [-0.39, 0.29) is 17.6 Å². The Balaban J connectivity index is 1.66. The molecule has 0 aromatic heterocycles. The minimum Gasteiger partial charge on any atom is -0.366 e. The van der Waals surface area contributed by atoms with Gasteiger partial charge in [-0.3, -0.25) is 9.59 Å². The molecule has 0 saturated carbocycles. The van der Waals surface area contributed by atoms with Crippen LogP contribution in [0.3, 0.4) is 0 Å². The molecule has 1 atom stereocenters. The molecule has 2 aromatic carbocycles. The third-order valence-electron chi connectivity index (χ3n) is 5.19. The van der Waals surface area contributed by atoms with Crippen LogP contribution in [0.4, 0.5) is 10.1 Å². The van der Waals surface area contributed by atoms with Gasteiger partial charge in [0.2, 0.25) is 5.91 Å². The zero-order chi connectivity index (χ0) is 19.4. The molecule has 1 fully saturated rings. The monoisotopic (exact) mass is 368 g/mol. The van der Waals surface area contributed by atoms with E-state index in [2.05, 4.69) is 0 Å². The molecule has 5 heteroatoms. The lowest BCUT2D eigenvalue weighted by atomic mass is 9.95. The molecule has 1 heterocycles. The third kappa shape index (κ3) is 4.18. The van der Waals surface area contributed by atoms with Crippen molar-refractivity contribution >= 4 is 17.4 Å². The van der Waals surface area contributed by atoms with Crippen LogP contribution in [-0.2, 0) is 4.79 Å². The molecular weight excluding hydrogens is 343 g/mol. The lowest BCUT2D eigenvalue weighted by Crippen LogP contribution is -2.50. The zero-order valence-electron chi connectivity index (χ0n) is 15.8. The predicted octanol–water partition coefficient (Wildman–Crippen LogP) is 3.87. The Morgan fingerprint density at radius 3 is 2.26 bits per heavy atom. The van der Waals surface area contributed by atoms with Gasteiger partial charge in [0, 0.05) is 31.7 Å². The molecule has 0 spiro atoms. The summed E-state index contributed by atoms with van der Waals surface area (Å²) in [6.45, 7) is 5.74. The van der Waals surface area contributed by atoms with E-state index in [1.807, 2.05) is 47.1 Å². The first-order chi connectivity index (χ1) is 13.0. The van der Waals surface area contributed by atoms with E-state index in [9.17, 15) is 14.0 Å². The van der Waals surface area contributed by atoms with Crippen molar-refractivity contribution in [3.63, 3.8) is 0 Å².